The zero-order valence-electron chi connectivity index (χ0n) is 12.3. The van der Waals surface area contributed by atoms with Crippen LogP contribution in [0, 0.1) is 0 Å². The van der Waals surface area contributed by atoms with Gasteiger partial charge in [-0.1, -0.05) is 38.1 Å². The topological polar surface area (TPSA) is 62.2 Å². The maximum atomic E-state index is 12.3. The number of carbonyl (C=O) groups excluding carboxylic acids is 1. The van der Waals surface area contributed by atoms with E-state index in [-0.39, 0.29) is 12.5 Å². The largest absolute Gasteiger partial charge is 0.394 e. The summed E-state index contributed by atoms with van der Waals surface area (Å²) in [6, 6.07) is 7.55. The normalized spacial score (nSPS) is 12.1. The van der Waals surface area contributed by atoms with Crippen LogP contribution in [0.25, 0.3) is 0 Å². The van der Waals surface area contributed by atoms with Crippen LogP contribution < -0.4 is 5.32 Å². The molecule has 0 aliphatic carbocycles. The van der Waals surface area contributed by atoms with Gasteiger partial charge in [-0.15, -0.1) is 11.3 Å². The number of aryl methyl sites for hydroxylation is 2. The molecule has 112 valence electrons. The van der Waals surface area contributed by atoms with Gasteiger partial charge in [-0.05, 0) is 24.0 Å². The molecule has 4 nitrogen and oxygen atoms in total. The summed E-state index contributed by atoms with van der Waals surface area (Å²) < 4.78 is 0. The molecule has 1 amide bonds. The molecule has 2 rings (SSSR count). The highest BCUT2D eigenvalue weighted by molar-refractivity contribution is 7.11. The van der Waals surface area contributed by atoms with Crippen LogP contribution >= 0.6 is 11.3 Å². The molecule has 0 radical (unpaired) electrons. The number of thiazole rings is 1. The Bertz CT molecular complexity index is 593. The second-order valence-corrected chi connectivity index (χ2v) is 5.64. The van der Waals surface area contributed by atoms with Gasteiger partial charge in [-0.2, -0.15) is 0 Å². The first-order valence-electron chi connectivity index (χ1n) is 7.12. The first kappa shape index (κ1) is 15.7. The monoisotopic (exact) mass is 304 g/mol. The van der Waals surface area contributed by atoms with Gasteiger partial charge < -0.3 is 10.4 Å². The van der Waals surface area contributed by atoms with Crippen molar-refractivity contribution in [2.75, 3.05) is 6.61 Å². The Morgan fingerprint density at radius 2 is 2.00 bits per heavy atom. The third-order valence-electron chi connectivity index (χ3n) is 3.46. The van der Waals surface area contributed by atoms with Gasteiger partial charge in [0.2, 0.25) is 0 Å². The highest BCUT2D eigenvalue weighted by atomic mass is 32.1. The van der Waals surface area contributed by atoms with Crippen molar-refractivity contribution in [2.45, 2.75) is 32.7 Å². The number of nitrogens with zero attached hydrogens (tertiary/aromatic N) is 1. The number of benzene rings is 1. The van der Waals surface area contributed by atoms with E-state index in [0.29, 0.717) is 4.88 Å². The fourth-order valence-corrected chi connectivity index (χ4v) is 2.93. The van der Waals surface area contributed by atoms with Crippen molar-refractivity contribution in [1.82, 2.24) is 10.3 Å². The van der Waals surface area contributed by atoms with Crippen molar-refractivity contribution in [3.8, 4) is 0 Å². The SMILES string of the molecule is CCc1ccc(C(CO)NC(=O)c2scnc2CC)cc1. The van der Waals surface area contributed by atoms with E-state index in [2.05, 4.69) is 17.2 Å². The summed E-state index contributed by atoms with van der Waals surface area (Å²) in [6.45, 7) is 3.94. The van der Waals surface area contributed by atoms with Crippen LogP contribution in [-0.2, 0) is 12.8 Å². The van der Waals surface area contributed by atoms with Crippen molar-refractivity contribution in [1.29, 1.82) is 0 Å². The molecule has 2 N–H and O–H groups in total. The molecule has 21 heavy (non-hydrogen) atoms. The summed E-state index contributed by atoms with van der Waals surface area (Å²) in [7, 11) is 0. The second kappa shape index (κ2) is 7.33. The molecule has 0 saturated carbocycles. The molecular formula is C16H20N2O2S. The summed E-state index contributed by atoms with van der Waals surface area (Å²) in [6.07, 6.45) is 1.69. The first-order chi connectivity index (χ1) is 10.2. The zero-order chi connectivity index (χ0) is 15.2. The van der Waals surface area contributed by atoms with E-state index in [1.807, 2.05) is 31.2 Å². The lowest BCUT2D eigenvalue weighted by Crippen LogP contribution is -2.30. The first-order valence-corrected chi connectivity index (χ1v) is 8.00. The van der Waals surface area contributed by atoms with E-state index in [1.165, 1.54) is 16.9 Å². The number of nitrogens with one attached hydrogen (secondary N) is 1. The number of carbonyl (C=O) groups is 1. The van der Waals surface area contributed by atoms with Crippen molar-refractivity contribution in [2.24, 2.45) is 0 Å². The molecule has 1 atom stereocenters. The number of amides is 1. The standard InChI is InChI=1S/C16H20N2O2S/c1-3-11-5-7-12(8-6-11)14(9-19)18-16(20)15-13(4-2)17-10-21-15/h5-8,10,14,19H,3-4,9H2,1-2H3,(H,18,20). The quantitative estimate of drug-likeness (QED) is 0.862. The molecular weight excluding hydrogens is 284 g/mol. The Labute approximate surface area is 128 Å². The minimum absolute atomic E-state index is 0.128. The molecule has 1 unspecified atom stereocenters. The Kier molecular flexibility index (Phi) is 5.47. The number of aliphatic hydroxyl groups excluding tert-OH is 1. The highest BCUT2D eigenvalue weighted by Crippen LogP contribution is 2.18. The highest BCUT2D eigenvalue weighted by Gasteiger charge is 2.18. The van der Waals surface area contributed by atoms with E-state index < -0.39 is 6.04 Å². The predicted molar refractivity (Wildman–Crippen MR) is 84.6 cm³/mol. The van der Waals surface area contributed by atoms with Crippen LogP contribution in [-0.4, -0.2) is 22.6 Å². The maximum Gasteiger partial charge on any atom is 0.263 e. The third kappa shape index (κ3) is 3.68. The number of aliphatic hydroxyl groups is 1. The van der Waals surface area contributed by atoms with Gasteiger partial charge in [0, 0.05) is 0 Å². The minimum Gasteiger partial charge on any atom is -0.394 e. The van der Waals surface area contributed by atoms with Crippen molar-refractivity contribution >= 4 is 17.2 Å². The smallest absolute Gasteiger partial charge is 0.263 e. The number of aromatic nitrogens is 1. The Balaban J connectivity index is 2.12. The summed E-state index contributed by atoms with van der Waals surface area (Å²) in [4.78, 5) is 17.1. The molecule has 1 heterocycles. The number of hydrogen-bond acceptors (Lipinski definition) is 4. The Hall–Kier alpha value is -1.72. The molecule has 5 heteroatoms. The minimum atomic E-state index is -0.393. The van der Waals surface area contributed by atoms with Crippen LogP contribution in [0.15, 0.2) is 29.8 Å². The van der Waals surface area contributed by atoms with E-state index in [1.54, 1.807) is 5.51 Å². The lowest BCUT2D eigenvalue weighted by molar-refractivity contribution is 0.0919. The van der Waals surface area contributed by atoms with Gasteiger partial charge in [0.05, 0.1) is 23.9 Å². The van der Waals surface area contributed by atoms with Gasteiger partial charge in [0.15, 0.2) is 0 Å². The maximum absolute atomic E-state index is 12.3. The van der Waals surface area contributed by atoms with Crippen LogP contribution in [0.3, 0.4) is 0 Å². The lowest BCUT2D eigenvalue weighted by Gasteiger charge is -2.17. The van der Waals surface area contributed by atoms with Crippen molar-refractivity contribution in [3.63, 3.8) is 0 Å². The molecule has 1 aromatic carbocycles. The second-order valence-electron chi connectivity index (χ2n) is 4.79. The molecule has 0 spiro atoms. The van der Waals surface area contributed by atoms with Gasteiger partial charge in [0.1, 0.15) is 4.88 Å². The zero-order valence-corrected chi connectivity index (χ0v) is 13.1. The van der Waals surface area contributed by atoms with E-state index in [4.69, 9.17) is 0 Å². The molecule has 0 aliphatic heterocycles. The van der Waals surface area contributed by atoms with Gasteiger partial charge in [-0.25, -0.2) is 4.98 Å². The van der Waals surface area contributed by atoms with E-state index >= 15 is 0 Å². The third-order valence-corrected chi connectivity index (χ3v) is 4.33. The molecule has 1 aromatic heterocycles. The van der Waals surface area contributed by atoms with Gasteiger partial charge in [-0.3, -0.25) is 4.79 Å². The Morgan fingerprint density at radius 1 is 1.29 bits per heavy atom. The van der Waals surface area contributed by atoms with Crippen LogP contribution in [0.2, 0.25) is 0 Å². The number of hydrogen-bond donors (Lipinski definition) is 2. The predicted octanol–water partition coefficient (Wildman–Crippen LogP) is 2.73. The molecule has 0 saturated heterocycles. The molecule has 0 aliphatic rings. The van der Waals surface area contributed by atoms with E-state index in [9.17, 15) is 9.90 Å². The summed E-state index contributed by atoms with van der Waals surface area (Å²) in [5.41, 5.74) is 4.62. The van der Waals surface area contributed by atoms with Gasteiger partial charge in [0.25, 0.3) is 5.91 Å². The van der Waals surface area contributed by atoms with Crippen molar-refractivity contribution in [3.05, 3.63) is 51.5 Å². The fourth-order valence-electron chi connectivity index (χ4n) is 2.15. The molecule has 0 bridgehead atoms. The summed E-state index contributed by atoms with van der Waals surface area (Å²) >= 11 is 1.33. The van der Waals surface area contributed by atoms with Crippen LogP contribution in [0.5, 0.6) is 0 Å². The Morgan fingerprint density at radius 3 is 2.57 bits per heavy atom. The average Bonchev–Trinajstić information content (AvgIpc) is 3.01. The average molecular weight is 304 g/mol. The van der Waals surface area contributed by atoms with Gasteiger partial charge >= 0.3 is 0 Å². The summed E-state index contributed by atoms with van der Waals surface area (Å²) in [5.74, 6) is -0.173. The van der Waals surface area contributed by atoms with Crippen molar-refractivity contribution < 1.29 is 9.90 Å². The lowest BCUT2D eigenvalue weighted by atomic mass is 10.0. The number of rotatable bonds is 6. The molecule has 2 aromatic rings. The van der Waals surface area contributed by atoms with Crippen LogP contribution in [0.1, 0.15) is 46.4 Å². The fraction of sp³-hybridized carbons (Fsp3) is 0.375. The molecule has 0 fully saturated rings. The summed E-state index contributed by atoms with van der Waals surface area (Å²) in [5, 5.41) is 12.4. The van der Waals surface area contributed by atoms with E-state index in [0.717, 1.165) is 24.1 Å². The van der Waals surface area contributed by atoms with Crippen LogP contribution in [0.4, 0.5) is 0 Å².